The lowest BCUT2D eigenvalue weighted by Crippen LogP contribution is -2.49. The van der Waals surface area contributed by atoms with E-state index in [1.54, 1.807) is 18.2 Å². The number of nitrogens with zero attached hydrogens (tertiary/aromatic N) is 2. The van der Waals surface area contributed by atoms with Gasteiger partial charge in [-0.25, -0.2) is 9.07 Å². The standard InChI is InChI=1S/C29H30FN3O3/c1-36-25-4-2-3-18(26(25)27(31)34)11-13-28(35)14-12-21-15-24-19(16-29(21,28)20-5-6-20)17-32-33(24)23-9-7-22(30)8-10-23/h2-4,7-10,15,17,20,35H,5-6,11-14,16H2,1H3,(H2,31,34)/t28-,29+/m0/s1. The highest BCUT2D eigenvalue weighted by Gasteiger charge is 2.63. The molecule has 186 valence electrons. The molecule has 3 aliphatic rings. The van der Waals surface area contributed by atoms with Gasteiger partial charge >= 0.3 is 0 Å². The maximum atomic E-state index is 13.5. The SMILES string of the molecule is COc1cccc(CC[C@]2(O)CCC3=Cc4c(cnn4-c4ccc(F)cc4)C[C@@]32C2CC2)c1C(N)=O. The first-order valence-corrected chi connectivity index (χ1v) is 12.6. The van der Waals surface area contributed by atoms with Crippen molar-refractivity contribution in [2.45, 2.75) is 50.5 Å². The van der Waals surface area contributed by atoms with Crippen molar-refractivity contribution in [1.82, 2.24) is 9.78 Å². The van der Waals surface area contributed by atoms with Gasteiger partial charge in [-0.2, -0.15) is 5.10 Å². The Bertz CT molecular complexity index is 1370. The number of primary amides is 1. The van der Waals surface area contributed by atoms with E-state index in [4.69, 9.17) is 10.5 Å². The summed E-state index contributed by atoms with van der Waals surface area (Å²) in [5, 5.41) is 16.9. The number of hydrogen-bond donors (Lipinski definition) is 2. The molecule has 1 aromatic heterocycles. The van der Waals surface area contributed by atoms with E-state index in [0.717, 1.165) is 48.2 Å². The minimum Gasteiger partial charge on any atom is -0.496 e. The van der Waals surface area contributed by atoms with E-state index in [-0.39, 0.29) is 11.2 Å². The van der Waals surface area contributed by atoms with Crippen molar-refractivity contribution in [3.63, 3.8) is 0 Å². The number of amides is 1. The van der Waals surface area contributed by atoms with E-state index in [1.165, 1.54) is 24.8 Å². The first kappa shape index (κ1) is 23.0. The second-order valence-electron chi connectivity index (χ2n) is 10.4. The molecule has 0 spiro atoms. The number of nitrogens with two attached hydrogens (primary N) is 1. The predicted octanol–water partition coefficient (Wildman–Crippen LogP) is 4.61. The molecule has 2 aromatic carbocycles. The van der Waals surface area contributed by atoms with Gasteiger partial charge in [-0.3, -0.25) is 4.79 Å². The number of ether oxygens (including phenoxy) is 1. The molecule has 0 radical (unpaired) electrons. The summed E-state index contributed by atoms with van der Waals surface area (Å²) in [4.78, 5) is 12.2. The normalized spacial score (nSPS) is 24.7. The van der Waals surface area contributed by atoms with Gasteiger partial charge in [0.15, 0.2) is 0 Å². The first-order chi connectivity index (χ1) is 17.4. The van der Waals surface area contributed by atoms with Crippen molar-refractivity contribution in [3.8, 4) is 11.4 Å². The lowest BCUT2D eigenvalue weighted by Gasteiger charge is -2.46. The zero-order valence-corrected chi connectivity index (χ0v) is 20.3. The summed E-state index contributed by atoms with van der Waals surface area (Å²) in [5.41, 5.74) is 9.88. The minimum absolute atomic E-state index is 0.276. The molecule has 0 unspecified atom stereocenters. The van der Waals surface area contributed by atoms with Gasteiger partial charge in [0, 0.05) is 5.41 Å². The van der Waals surface area contributed by atoms with Gasteiger partial charge in [-0.1, -0.05) is 17.7 Å². The molecule has 2 saturated carbocycles. The Kier molecular flexibility index (Phi) is 5.30. The van der Waals surface area contributed by atoms with Crippen LogP contribution >= 0.6 is 0 Å². The minimum atomic E-state index is -0.895. The van der Waals surface area contributed by atoms with Gasteiger partial charge in [0.05, 0.1) is 35.9 Å². The Labute approximate surface area is 209 Å². The molecular formula is C29H30FN3O3. The van der Waals surface area contributed by atoms with Crippen LogP contribution in [0.15, 0.2) is 54.2 Å². The molecule has 7 heteroatoms. The summed E-state index contributed by atoms with van der Waals surface area (Å²) in [6.45, 7) is 0. The van der Waals surface area contributed by atoms with Crippen LogP contribution in [0.5, 0.6) is 5.75 Å². The predicted molar refractivity (Wildman–Crippen MR) is 134 cm³/mol. The molecule has 3 N–H and O–H groups in total. The lowest BCUT2D eigenvalue weighted by atomic mass is 9.61. The maximum Gasteiger partial charge on any atom is 0.252 e. The number of aromatic nitrogens is 2. The fourth-order valence-electron chi connectivity index (χ4n) is 6.79. The number of hydrogen-bond acceptors (Lipinski definition) is 4. The van der Waals surface area contributed by atoms with Crippen LogP contribution < -0.4 is 10.5 Å². The summed E-state index contributed by atoms with van der Waals surface area (Å²) in [6, 6.07) is 11.9. The monoisotopic (exact) mass is 487 g/mol. The topological polar surface area (TPSA) is 90.4 Å². The highest BCUT2D eigenvalue weighted by atomic mass is 19.1. The molecule has 3 aliphatic carbocycles. The number of aliphatic hydroxyl groups is 1. The molecule has 0 aliphatic heterocycles. The second-order valence-corrected chi connectivity index (χ2v) is 10.4. The lowest BCUT2D eigenvalue weighted by molar-refractivity contribution is -0.0661. The van der Waals surface area contributed by atoms with Gasteiger partial charge in [-0.15, -0.1) is 0 Å². The summed E-state index contributed by atoms with van der Waals surface area (Å²) in [6.07, 6.45) is 9.62. The fourth-order valence-corrected chi connectivity index (χ4v) is 6.79. The summed E-state index contributed by atoms with van der Waals surface area (Å²) in [5.74, 6) is 0.0991. The largest absolute Gasteiger partial charge is 0.496 e. The number of carbonyl (C=O) groups is 1. The zero-order valence-electron chi connectivity index (χ0n) is 20.3. The van der Waals surface area contributed by atoms with Crippen LogP contribution in [-0.2, 0) is 12.8 Å². The van der Waals surface area contributed by atoms with Crippen LogP contribution in [0, 0.1) is 17.2 Å². The van der Waals surface area contributed by atoms with Gasteiger partial charge in [0.2, 0.25) is 0 Å². The van der Waals surface area contributed by atoms with Crippen molar-refractivity contribution >= 4 is 12.0 Å². The van der Waals surface area contributed by atoms with Crippen molar-refractivity contribution in [3.05, 3.63) is 82.4 Å². The Morgan fingerprint density at radius 2 is 2.03 bits per heavy atom. The summed E-state index contributed by atoms with van der Waals surface area (Å²) in [7, 11) is 1.53. The van der Waals surface area contributed by atoms with Gasteiger partial charge in [0.1, 0.15) is 11.6 Å². The third kappa shape index (κ3) is 3.40. The average Bonchev–Trinajstić information content (AvgIpc) is 3.60. The second kappa shape index (κ2) is 8.30. The van der Waals surface area contributed by atoms with Crippen LogP contribution in [0.4, 0.5) is 4.39 Å². The molecule has 36 heavy (non-hydrogen) atoms. The molecule has 0 saturated heterocycles. The number of fused-ring (bicyclic) bond motifs is 2. The Balaban J connectivity index is 1.35. The smallest absolute Gasteiger partial charge is 0.252 e. The van der Waals surface area contributed by atoms with Crippen molar-refractivity contribution in [1.29, 1.82) is 0 Å². The van der Waals surface area contributed by atoms with Crippen LogP contribution in [0.3, 0.4) is 0 Å². The molecule has 0 bridgehead atoms. The van der Waals surface area contributed by atoms with Crippen LogP contribution in [-0.4, -0.2) is 33.5 Å². The molecule has 2 fully saturated rings. The number of carbonyl (C=O) groups excluding carboxylic acids is 1. The average molecular weight is 488 g/mol. The van der Waals surface area contributed by atoms with E-state index in [9.17, 15) is 14.3 Å². The zero-order chi connectivity index (χ0) is 25.1. The third-order valence-electron chi connectivity index (χ3n) is 8.61. The summed E-state index contributed by atoms with van der Waals surface area (Å²) < 4.78 is 20.7. The first-order valence-electron chi connectivity index (χ1n) is 12.6. The quantitative estimate of drug-likeness (QED) is 0.509. The number of benzene rings is 2. The number of rotatable bonds is 7. The molecule has 1 heterocycles. The molecule has 3 aromatic rings. The Morgan fingerprint density at radius 3 is 2.72 bits per heavy atom. The van der Waals surface area contributed by atoms with E-state index in [0.29, 0.717) is 36.5 Å². The van der Waals surface area contributed by atoms with Crippen LogP contribution in [0.2, 0.25) is 0 Å². The maximum absolute atomic E-state index is 13.5. The van der Waals surface area contributed by atoms with Crippen molar-refractivity contribution in [2.75, 3.05) is 7.11 Å². The Hall–Kier alpha value is -3.45. The molecule has 1 amide bonds. The van der Waals surface area contributed by atoms with E-state index < -0.39 is 11.5 Å². The van der Waals surface area contributed by atoms with Crippen molar-refractivity contribution < 1.29 is 19.0 Å². The van der Waals surface area contributed by atoms with Crippen LogP contribution in [0.1, 0.15) is 59.3 Å². The number of halogens is 1. The van der Waals surface area contributed by atoms with Gasteiger partial charge in [0.25, 0.3) is 5.91 Å². The molecule has 6 rings (SSSR count). The van der Waals surface area contributed by atoms with Crippen molar-refractivity contribution in [2.24, 2.45) is 17.1 Å². The number of methoxy groups -OCH3 is 1. The van der Waals surface area contributed by atoms with E-state index >= 15 is 0 Å². The number of aryl methyl sites for hydroxylation is 1. The highest BCUT2D eigenvalue weighted by Crippen LogP contribution is 2.66. The van der Waals surface area contributed by atoms with Crippen LogP contribution in [0.25, 0.3) is 11.8 Å². The van der Waals surface area contributed by atoms with E-state index in [1.807, 2.05) is 23.0 Å². The fraction of sp³-hybridized carbons (Fsp3) is 0.379. The van der Waals surface area contributed by atoms with E-state index in [2.05, 4.69) is 11.2 Å². The molecule has 6 nitrogen and oxygen atoms in total. The molecule has 2 atom stereocenters. The van der Waals surface area contributed by atoms with Gasteiger partial charge in [-0.05, 0) is 98.4 Å². The Morgan fingerprint density at radius 1 is 1.25 bits per heavy atom. The summed E-state index contributed by atoms with van der Waals surface area (Å²) >= 11 is 0. The van der Waals surface area contributed by atoms with Gasteiger partial charge < -0.3 is 15.6 Å². The molecular weight excluding hydrogens is 457 g/mol. The highest BCUT2D eigenvalue weighted by molar-refractivity contribution is 5.97. The third-order valence-corrected chi connectivity index (χ3v) is 8.61.